The molecule has 0 saturated carbocycles. The number of thioether (sulfide) groups is 1. The number of rotatable bonds is 2. The molecule has 6 nitrogen and oxygen atoms in total. The number of anilines is 1. The first kappa shape index (κ1) is 12.1. The molecule has 16 heavy (non-hydrogen) atoms. The molecule has 3 N–H and O–H groups in total. The number of nitrogens with zero attached hydrogens (tertiary/aromatic N) is 2. The monoisotopic (exact) mass is 360 g/mol. The minimum atomic E-state index is -1.05. The molecule has 9 heteroatoms. The molecular weight excluding hydrogens is 352 g/mol. The fourth-order valence-electron chi connectivity index (χ4n) is 1.22. The first-order valence-corrected chi connectivity index (χ1v) is 7.46. The van der Waals surface area contributed by atoms with E-state index in [1.54, 1.807) is 0 Å². The van der Waals surface area contributed by atoms with Gasteiger partial charge in [-0.3, -0.25) is 0 Å². The van der Waals surface area contributed by atoms with Crippen molar-refractivity contribution in [2.45, 2.75) is 9.67 Å². The zero-order valence-electron chi connectivity index (χ0n) is 7.84. The molecule has 1 aliphatic rings. The Morgan fingerprint density at radius 2 is 2.56 bits per heavy atom. The summed E-state index contributed by atoms with van der Waals surface area (Å²) >= 11 is 0.347. The fraction of sp³-hybridized carbons (Fsp3) is 0.429. The van der Waals surface area contributed by atoms with Gasteiger partial charge in [0, 0.05) is 0 Å². The number of nitrogen functional groups attached to an aromatic ring is 1. The summed E-state index contributed by atoms with van der Waals surface area (Å²) in [5.74, 6) is -0.691. The van der Waals surface area contributed by atoms with Gasteiger partial charge < -0.3 is 0 Å². The summed E-state index contributed by atoms with van der Waals surface area (Å²) in [6.07, 6.45) is 0.394. The van der Waals surface area contributed by atoms with Gasteiger partial charge in [-0.25, -0.2) is 0 Å². The first-order valence-electron chi connectivity index (χ1n) is 4.20. The van der Waals surface area contributed by atoms with Crippen molar-refractivity contribution in [2.24, 2.45) is 0 Å². The van der Waals surface area contributed by atoms with Crippen LogP contribution in [0.3, 0.4) is 0 Å². The molecule has 2 atom stereocenters. The number of nitrogens with two attached hydrogens (primary N) is 1. The van der Waals surface area contributed by atoms with Gasteiger partial charge in [-0.1, -0.05) is 0 Å². The van der Waals surface area contributed by atoms with Crippen LogP contribution in [-0.4, -0.2) is 22.2 Å². The third kappa shape index (κ3) is 2.31. The van der Waals surface area contributed by atoms with Crippen molar-refractivity contribution in [2.75, 3.05) is 11.5 Å². The number of alkyl halides is 1. The summed E-state index contributed by atoms with van der Waals surface area (Å²) in [4.78, 5) is 14.8. The third-order valence-electron chi connectivity index (χ3n) is 1.96. The zero-order chi connectivity index (χ0) is 11.7. The van der Waals surface area contributed by atoms with Gasteiger partial charge in [-0.2, -0.15) is 0 Å². The Morgan fingerprint density at radius 3 is 3.19 bits per heavy atom. The van der Waals surface area contributed by atoms with E-state index in [9.17, 15) is 9.18 Å². The van der Waals surface area contributed by atoms with Gasteiger partial charge in [0.15, 0.2) is 0 Å². The quantitative estimate of drug-likeness (QED) is 0.421. The molecule has 1 saturated heterocycles. The van der Waals surface area contributed by atoms with Crippen molar-refractivity contribution in [3.05, 3.63) is 22.5 Å². The van der Waals surface area contributed by atoms with Crippen LogP contribution in [0.15, 0.2) is 11.0 Å². The summed E-state index contributed by atoms with van der Waals surface area (Å²) < 4.78 is 28.2. The fourth-order valence-corrected chi connectivity index (χ4v) is 3.61. The van der Waals surface area contributed by atoms with Crippen molar-refractivity contribution in [3.63, 3.8) is 0 Å². The predicted molar refractivity (Wildman–Crippen MR) is 51.5 cm³/mol. The Balaban J connectivity index is 2.28. The average Bonchev–Trinajstić information content (AvgIpc) is 2.71. The maximum absolute atomic E-state index is 13.1. The van der Waals surface area contributed by atoms with Gasteiger partial charge in [0.25, 0.3) is 0 Å². The van der Waals surface area contributed by atoms with E-state index >= 15 is 0 Å². The molecule has 1 aromatic heterocycles. The second-order valence-corrected chi connectivity index (χ2v) is 6.59. The number of ether oxygens (including phenoxy) is 1. The molecule has 2 heterocycles. The van der Waals surface area contributed by atoms with E-state index in [-0.39, 0.29) is 3.44 Å². The predicted octanol–water partition coefficient (Wildman–Crippen LogP) is -3.49. The second-order valence-electron chi connectivity index (χ2n) is 2.96. The molecule has 0 aromatic carbocycles. The summed E-state index contributed by atoms with van der Waals surface area (Å²) in [7, 11) is 0. The zero-order valence-corrected chi connectivity index (χ0v) is 10.8. The Labute approximate surface area is 105 Å². The first-order chi connectivity index (χ1) is 7.61. The normalized spacial score (nSPS) is 25.1. The second kappa shape index (κ2) is 4.85. The van der Waals surface area contributed by atoms with Crippen LogP contribution < -0.4 is 33.0 Å². The molecule has 0 bridgehead atoms. The summed E-state index contributed by atoms with van der Waals surface area (Å²) in [6.45, 7) is 0. The molecule has 1 aliphatic heterocycles. The SMILES string of the molecule is Nc1nc(=O)n([C@@H]2CS[C@H]([I-]O)O2)cc1F. The topological polar surface area (TPSA) is 90.4 Å². The van der Waals surface area contributed by atoms with Gasteiger partial charge in [-0.15, -0.1) is 0 Å². The maximum atomic E-state index is 13.1. The Hall–Kier alpha value is -0.390. The van der Waals surface area contributed by atoms with Crippen LogP contribution in [0.4, 0.5) is 10.2 Å². The van der Waals surface area contributed by atoms with Crippen LogP contribution in [0.25, 0.3) is 0 Å². The van der Waals surface area contributed by atoms with E-state index in [4.69, 9.17) is 13.9 Å². The molecule has 0 unspecified atom stereocenters. The number of hydrogen-bond acceptors (Lipinski definition) is 6. The van der Waals surface area contributed by atoms with E-state index in [1.807, 2.05) is 0 Å². The van der Waals surface area contributed by atoms with Crippen LogP contribution in [0.5, 0.6) is 0 Å². The Kier molecular flexibility index (Phi) is 3.66. The van der Waals surface area contributed by atoms with Crippen molar-refractivity contribution in [3.8, 4) is 0 Å². The molecule has 0 spiro atoms. The summed E-state index contributed by atoms with van der Waals surface area (Å²) in [6, 6.07) is 0. The average molecular weight is 360 g/mol. The van der Waals surface area contributed by atoms with E-state index < -0.39 is 45.2 Å². The number of halogens is 2. The number of aromatic nitrogens is 2. The van der Waals surface area contributed by atoms with Gasteiger partial charge >= 0.3 is 105 Å². The molecule has 2 rings (SSSR count). The van der Waals surface area contributed by atoms with Crippen LogP contribution >= 0.6 is 11.8 Å². The van der Waals surface area contributed by atoms with Gasteiger partial charge in [-0.05, 0) is 0 Å². The van der Waals surface area contributed by atoms with E-state index in [2.05, 4.69) is 4.98 Å². The molecule has 0 amide bonds. The third-order valence-corrected chi connectivity index (χ3v) is 5.17. The van der Waals surface area contributed by atoms with Crippen LogP contribution in [0.1, 0.15) is 6.23 Å². The molecule has 1 fully saturated rings. The Bertz CT molecular complexity index is 457. The molecule has 0 radical (unpaired) electrons. The van der Waals surface area contributed by atoms with Crippen LogP contribution in [-0.2, 0) is 4.74 Å². The van der Waals surface area contributed by atoms with Crippen molar-refractivity contribution in [1.82, 2.24) is 9.55 Å². The molecule has 0 aliphatic carbocycles. The van der Waals surface area contributed by atoms with Crippen LogP contribution in [0.2, 0.25) is 0 Å². The van der Waals surface area contributed by atoms with E-state index in [1.165, 1.54) is 11.8 Å². The van der Waals surface area contributed by atoms with Gasteiger partial charge in [0.1, 0.15) is 0 Å². The van der Waals surface area contributed by atoms with Crippen molar-refractivity contribution >= 4 is 17.6 Å². The van der Waals surface area contributed by atoms with Gasteiger partial charge in [0.2, 0.25) is 0 Å². The van der Waals surface area contributed by atoms with Crippen molar-refractivity contribution in [1.29, 1.82) is 0 Å². The minimum absolute atomic E-state index is 0.281. The standard InChI is InChI=1S/C7H8FIN3O3S/c8-3-1-12(7(13)11-5(3)10)4-2-16-6(9-14)15-4/h1,4,6,14H,2H2,(H2,10,11,13)/q-1/t4-,6+/m0/s1. The van der Waals surface area contributed by atoms with Crippen LogP contribution in [0, 0.1) is 5.82 Å². The summed E-state index contributed by atoms with van der Waals surface area (Å²) in [5, 5.41) is 0. The summed E-state index contributed by atoms with van der Waals surface area (Å²) in [5.41, 5.74) is 4.51. The molecule has 90 valence electrons. The molecular formula is C7H8FIN3O3S-. The Morgan fingerprint density at radius 1 is 1.81 bits per heavy atom. The van der Waals surface area contributed by atoms with Crippen molar-refractivity contribution < 1.29 is 34.2 Å². The molecule has 1 aromatic rings. The van der Waals surface area contributed by atoms with E-state index in [0.29, 0.717) is 5.75 Å². The number of hydrogen-bond donors (Lipinski definition) is 2. The van der Waals surface area contributed by atoms with Gasteiger partial charge in [0.05, 0.1) is 0 Å². The van der Waals surface area contributed by atoms with E-state index in [0.717, 1.165) is 10.8 Å².